The minimum absolute atomic E-state index is 0.113. The van der Waals surface area contributed by atoms with Crippen molar-refractivity contribution in [2.45, 2.75) is 45.6 Å². The zero-order chi connectivity index (χ0) is 13.1. The van der Waals surface area contributed by atoms with Crippen molar-refractivity contribution in [1.29, 1.82) is 0 Å². The van der Waals surface area contributed by atoms with E-state index in [1.807, 2.05) is 26.0 Å². The van der Waals surface area contributed by atoms with E-state index < -0.39 is 0 Å². The molecule has 0 atom stereocenters. The number of nitrogen functional groups attached to an aromatic ring is 1. The van der Waals surface area contributed by atoms with Gasteiger partial charge < -0.3 is 16.4 Å². The van der Waals surface area contributed by atoms with Crippen LogP contribution in [0.25, 0.3) is 0 Å². The molecule has 0 unspecified atom stereocenters. The Morgan fingerprint density at radius 2 is 1.78 bits per heavy atom. The molecule has 1 aromatic rings. The summed E-state index contributed by atoms with van der Waals surface area (Å²) in [6, 6.07) is 3.97. The molecular formula is C14H21N3O. The maximum atomic E-state index is 11.9. The van der Waals surface area contributed by atoms with Gasteiger partial charge in [-0.25, -0.2) is 4.79 Å². The molecule has 0 bridgehead atoms. The Labute approximate surface area is 108 Å². The van der Waals surface area contributed by atoms with Crippen molar-refractivity contribution in [1.82, 2.24) is 5.32 Å². The Balaban J connectivity index is 2.02. The Kier molecular flexibility index (Phi) is 3.75. The molecule has 1 saturated carbocycles. The van der Waals surface area contributed by atoms with Crippen molar-refractivity contribution in [3.05, 3.63) is 23.3 Å². The first kappa shape index (κ1) is 12.7. The second-order valence-corrected chi connectivity index (χ2v) is 5.11. The lowest BCUT2D eigenvalue weighted by atomic mass is 10.1. The monoisotopic (exact) mass is 247 g/mol. The average Bonchev–Trinajstić information content (AvgIpc) is 2.76. The van der Waals surface area contributed by atoms with Gasteiger partial charge in [0.05, 0.1) is 0 Å². The van der Waals surface area contributed by atoms with Gasteiger partial charge in [0.1, 0.15) is 0 Å². The number of nitrogens with two attached hydrogens (primary N) is 1. The number of carbonyl (C=O) groups excluding carboxylic acids is 1. The van der Waals surface area contributed by atoms with E-state index in [1.54, 1.807) is 0 Å². The van der Waals surface area contributed by atoms with Crippen LogP contribution in [0, 0.1) is 13.8 Å². The number of hydrogen-bond acceptors (Lipinski definition) is 2. The van der Waals surface area contributed by atoms with E-state index >= 15 is 0 Å². The number of benzene rings is 1. The van der Waals surface area contributed by atoms with Crippen LogP contribution >= 0.6 is 0 Å². The third kappa shape index (κ3) is 2.94. The molecule has 1 fully saturated rings. The highest BCUT2D eigenvalue weighted by molar-refractivity contribution is 5.91. The Morgan fingerprint density at radius 1 is 1.22 bits per heavy atom. The molecule has 4 heteroatoms. The third-order valence-corrected chi connectivity index (χ3v) is 3.48. The molecular weight excluding hydrogens is 226 g/mol. The van der Waals surface area contributed by atoms with Crippen LogP contribution in [0.4, 0.5) is 16.2 Å². The average molecular weight is 247 g/mol. The second-order valence-electron chi connectivity index (χ2n) is 5.11. The smallest absolute Gasteiger partial charge is 0.319 e. The topological polar surface area (TPSA) is 67.1 Å². The van der Waals surface area contributed by atoms with E-state index in [2.05, 4.69) is 10.6 Å². The molecule has 0 aliphatic heterocycles. The van der Waals surface area contributed by atoms with Gasteiger partial charge in [0.2, 0.25) is 0 Å². The van der Waals surface area contributed by atoms with Gasteiger partial charge >= 0.3 is 6.03 Å². The molecule has 1 aliphatic rings. The molecule has 18 heavy (non-hydrogen) atoms. The van der Waals surface area contributed by atoms with Gasteiger partial charge in [0.25, 0.3) is 0 Å². The summed E-state index contributed by atoms with van der Waals surface area (Å²) in [4.78, 5) is 11.9. The first-order valence-electron chi connectivity index (χ1n) is 6.50. The van der Waals surface area contributed by atoms with Crippen LogP contribution in [0.3, 0.4) is 0 Å². The Hall–Kier alpha value is -1.71. The molecule has 2 rings (SSSR count). The van der Waals surface area contributed by atoms with E-state index in [1.165, 1.54) is 12.8 Å². The minimum Gasteiger partial charge on any atom is -0.399 e. The molecule has 2 amide bonds. The van der Waals surface area contributed by atoms with Crippen molar-refractivity contribution in [2.75, 3.05) is 11.1 Å². The van der Waals surface area contributed by atoms with Gasteiger partial charge in [-0.3, -0.25) is 0 Å². The number of amides is 2. The van der Waals surface area contributed by atoms with Crippen molar-refractivity contribution in [3.63, 3.8) is 0 Å². The van der Waals surface area contributed by atoms with Crippen LogP contribution in [0.2, 0.25) is 0 Å². The maximum absolute atomic E-state index is 11.9. The number of nitrogens with one attached hydrogen (secondary N) is 2. The molecule has 1 aromatic carbocycles. The fourth-order valence-corrected chi connectivity index (χ4v) is 2.60. The lowest BCUT2D eigenvalue weighted by molar-refractivity contribution is 0.248. The van der Waals surface area contributed by atoms with Crippen molar-refractivity contribution >= 4 is 17.4 Å². The fraction of sp³-hybridized carbons (Fsp3) is 0.500. The summed E-state index contributed by atoms with van der Waals surface area (Å²) in [5.41, 5.74) is 9.34. The molecule has 98 valence electrons. The van der Waals surface area contributed by atoms with Gasteiger partial charge in [-0.15, -0.1) is 0 Å². The lowest BCUT2D eigenvalue weighted by Crippen LogP contribution is -2.36. The summed E-state index contributed by atoms with van der Waals surface area (Å²) in [7, 11) is 0. The van der Waals surface area contributed by atoms with Gasteiger partial charge in [0, 0.05) is 17.4 Å². The summed E-state index contributed by atoms with van der Waals surface area (Å²) >= 11 is 0. The van der Waals surface area contributed by atoms with E-state index in [-0.39, 0.29) is 6.03 Å². The lowest BCUT2D eigenvalue weighted by Gasteiger charge is -2.16. The standard InChI is InChI=1S/C14H21N3O/c1-9-7-11(15)8-10(2)13(9)17-14(18)16-12-5-3-4-6-12/h7-8,12H,3-6,15H2,1-2H3,(H2,16,17,18). The minimum atomic E-state index is -0.113. The van der Waals surface area contributed by atoms with Gasteiger partial charge in [-0.2, -0.15) is 0 Å². The van der Waals surface area contributed by atoms with Crippen molar-refractivity contribution < 1.29 is 4.79 Å². The molecule has 0 radical (unpaired) electrons. The first-order valence-corrected chi connectivity index (χ1v) is 6.50. The van der Waals surface area contributed by atoms with Crippen LogP contribution in [-0.4, -0.2) is 12.1 Å². The molecule has 4 N–H and O–H groups in total. The van der Waals surface area contributed by atoms with Gasteiger partial charge in [-0.1, -0.05) is 12.8 Å². The highest BCUT2D eigenvalue weighted by Gasteiger charge is 2.17. The summed E-state index contributed by atoms with van der Waals surface area (Å²) in [6.07, 6.45) is 4.61. The highest BCUT2D eigenvalue weighted by Crippen LogP contribution is 2.23. The van der Waals surface area contributed by atoms with E-state index in [0.29, 0.717) is 6.04 Å². The predicted octanol–water partition coefficient (Wildman–Crippen LogP) is 2.95. The van der Waals surface area contributed by atoms with E-state index in [4.69, 9.17) is 5.73 Å². The zero-order valence-corrected chi connectivity index (χ0v) is 11.0. The van der Waals surface area contributed by atoms with Crippen LogP contribution in [-0.2, 0) is 0 Å². The van der Waals surface area contributed by atoms with Gasteiger partial charge in [0.15, 0.2) is 0 Å². The van der Waals surface area contributed by atoms with E-state index in [9.17, 15) is 4.79 Å². The molecule has 0 heterocycles. The maximum Gasteiger partial charge on any atom is 0.319 e. The van der Waals surface area contributed by atoms with Crippen LogP contribution < -0.4 is 16.4 Å². The number of carbonyl (C=O) groups is 1. The molecule has 0 saturated heterocycles. The summed E-state index contributed by atoms with van der Waals surface area (Å²) in [5.74, 6) is 0. The zero-order valence-electron chi connectivity index (χ0n) is 11.0. The molecule has 0 aromatic heterocycles. The first-order chi connectivity index (χ1) is 8.56. The number of rotatable bonds is 2. The van der Waals surface area contributed by atoms with Crippen molar-refractivity contribution in [3.8, 4) is 0 Å². The Bertz CT molecular complexity index is 427. The van der Waals surface area contributed by atoms with Crippen LogP contribution in [0.5, 0.6) is 0 Å². The number of hydrogen-bond donors (Lipinski definition) is 3. The summed E-state index contributed by atoms with van der Waals surface area (Å²) in [6.45, 7) is 3.91. The normalized spacial score (nSPS) is 15.7. The van der Waals surface area contributed by atoms with Crippen LogP contribution in [0.1, 0.15) is 36.8 Å². The summed E-state index contributed by atoms with van der Waals surface area (Å²) < 4.78 is 0. The number of aryl methyl sites for hydroxylation is 2. The third-order valence-electron chi connectivity index (χ3n) is 3.48. The number of urea groups is 1. The molecule has 1 aliphatic carbocycles. The molecule has 0 spiro atoms. The Morgan fingerprint density at radius 3 is 2.33 bits per heavy atom. The second kappa shape index (κ2) is 5.29. The number of anilines is 2. The predicted molar refractivity (Wildman–Crippen MR) is 74.7 cm³/mol. The largest absolute Gasteiger partial charge is 0.399 e. The van der Waals surface area contributed by atoms with Crippen LogP contribution in [0.15, 0.2) is 12.1 Å². The quantitative estimate of drug-likeness (QED) is 0.703. The fourth-order valence-electron chi connectivity index (χ4n) is 2.60. The summed E-state index contributed by atoms with van der Waals surface area (Å²) in [5, 5.41) is 5.94. The van der Waals surface area contributed by atoms with Gasteiger partial charge in [-0.05, 0) is 49.9 Å². The van der Waals surface area contributed by atoms with Crippen molar-refractivity contribution in [2.24, 2.45) is 0 Å². The molecule has 4 nitrogen and oxygen atoms in total. The highest BCUT2D eigenvalue weighted by atomic mass is 16.2. The SMILES string of the molecule is Cc1cc(N)cc(C)c1NC(=O)NC1CCCC1. The van der Waals surface area contributed by atoms with E-state index in [0.717, 1.165) is 35.3 Å².